The quantitative estimate of drug-likeness (QED) is 0.784. The second-order valence-corrected chi connectivity index (χ2v) is 9.30. The molecule has 152 valence electrons. The van der Waals surface area contributed by atoms with Gasteiger partial charge in [-0.3, -0.25) is 9.69 Å². The first kappa shape index (κ1) is 20.6. The minimum atomic E-state index is -0.519. The molecule has 0 spiro atoms. The van der Waals surface area contributed by atoms with Crippen LogP contribution in [0.1, 0.15) is 50.6 Å². The number of thiazole rings is 1. The number of carbonyl (C=O) groups is 2. The average molecular weight is 405 g/mol. The number of hydrogen-bond acceptors (Lipinski definition) is 6. The predicted octanol–water partition coefficient (Wildman–Crippen LogP) is 2.86. The van der Waals surface area contributed by atoms with Crippen molar-refractivity contribution in [2.45, 2.75) is 64.6 Å². The van der Waals surface area contributed by atoms with Crippen molar-refractivity contribution in [1.82, 2.24) is 14.8 Å². The Hall–Kier alpha value is -2.11. The molecule has 1 fully saturated rings. The van der Waals surface area contributed by atoms with Gasteiger partial charge in [0.1, 0.15) is 5.60 Å². The van der Waals surface area contributed by atoms with Crippen LogP contribution < -0.4 is 5.32 Å². The van der Waals surface area contributed by atoms with Gasteiger partial charge in [0, 0.05) is 17.8 Å². The van der Waals surface area contributed by atoms with Gasteiger partial charge in [-0.05, 0) is 40.2 Å². The highest BCUT2D eigenvalue weighted by atomic mass is 32.1. The molecule has 1 unspecified atom stereocenters. The first-order chi connectivity index (χ1) is 13.3. The second-order valence-electron chi connectivity index (χ2n) is 8.22. The van der Waals surface area contributed by atoms with Crippen LogP contribution in [0.2, 0.25) is 0 Å². The highest BCUT2D eigenvalue weighted by Crippen LogP contribution is 2.29. The SMILES string of the molecule is C#CCN1CCCCC1C(=O)Nc1nc2c(s1)CN(C(=O)OC(C)(C)C)CC2. The van der Waals surface area contributed by atoms with Crippen molar-refractivity contribution < 1.29 is 14.3 Å². The number of carbonyl (C=O) groups excluding carboxylic acids is 2. The fourth-order valence-corrected chi connectivity index (χ4v) is 4.54. The Balaban J connectivity index is 1.63. The second kappa shape index (κ2) is 8.50. The molecule has 0 bridgehead atoms. The summed E-state index contributed by atoms with van der Waals surface area (Å²) in [6.45, 7) is 7.93. The van der Waals surface area contributed by atoms with Crippen LogP contribution in [0.15, 0.2) is 0 Å². The first-order valence-electron chi connectivity index (χ1n) is 9.71. The van der Waals surface area contributed by atoms with Crippen LogP contribution >= 0.6 is 11.3 Å². The number of terminal acetylenes is 1. The number of ether oxygens (including phenoxy) is 1. The molecule has 28 heavy (non-hydrogen) atoms. The Morgan fingerprint density at radius 2 is 2.14 bits per heavy atom. The van der Waals surface area contributed by atoms with Crippen LogP contribution in [0, 0.1) is 12.3 Å². The standard InChI is InChI=1S/C20H28N4O3S/c1-5-10-23-11-7-6-8-15(23)17(25)22-18-21-14-9-12-24(13-16(14)28-18)19(26)27-20(2,3)4/h1,15H,6-13H2,2-4H3,(H,21,22,25). The fraction of sp³-hybridized carbons (Fsp3) is 0.650. The lowest BCUT2D eigenvalue weighted by Crippen LogP contribution is -2.47. The van der Waals surface area contributed by atoms with Gasteiger partial charge in [-0.1, -0.05) is 23.7 Å². The number of likely N-dealkylation sites (tertiary alicyclic amines) is 1. The maximum atomic E-state index is 12.8. The molecular weight excluding hydrogens is 376 g/mol. The summed E-state index contributed by atoms with van der Waals surface area (Å²) in [7, 11) is 0. The van der Waals surface area contributed by atoms with E-state index in [0.717, 1.165) is 36.4 Å². The van der Waals surface area contributed by atoms with Gasteiger partial charge in [-0.15, -0.1) is 6.42 Å². The lowest BCUT2D eigenvalue weighted by Gasteiger charge is -2.32. The number of rotatable bonds is 3. The van der Waals surface area contributed by atoms with Gasteiger partial charge in [-0.25, -0.2) is 9.78 Å². The molecule has 1 aromatic heterocycles. The molecule has 1 N–H and O–H groups in total. The van der Waals surface area contributed by atoms with Gasteiger partial charge < -0.3 is 15.0 Å². The number of nitrogens with one attached hydrogen (secondary N) is 1. The molecule has 0 aromatic carbocycles. The molecule has 1 saturated heterocycles. The normalized spacial score (nSPS) is 20.2. The third kappa shape index (κ3) is 5.03. The van der Waals surface area contributed by atoms with Crippen LogP contribution in [0.4, 0.5) is 9.93 Å². The first-order valence-corrected chi connectivity index (χ1v) is 10.5. The van der Waals surface area contributed by atoms with E-state index in [4.69, 9.17) is 11.2 Å². The van der Waals surface area contributed by atoms with Crippen LogP contribution in [-0.2, 0) is 22.5 Å². The van der Waals surface area contributed by atoms with Crippen LogP contribution in [-0.4, -0.2) is 58.1 Å². The highest BCUT2D eigenvalue weighted by Gasteiger charge is 2.31. The molecule has 0 radical (unpaired) electrons. The third-order valence-corrected chi connectivity index (χ3v) is 5.82. The summed E-state index contributed by atoms with van der Waals surface area (Å²) in [6.07, 6.45) is 8.69. The van der Waals surface area contributed by atoms with Crippen LogP contribution in [0.5, 0.6) is 0 Å². The van der Waals surface area contributed by atoms with E-state index in [1.54, 1.807) is 4.90 Å². The minimum absolute atomic E-state index is 0.0509. The third-order valence-electron chi connectivity index (χ3n) is 4.82. The van der Waals surface area contributed by atoms with Crippen LogP contribution in [0.3, 0.4) is 0 Å². The Morgan fingerprint density at radius 3 is 2.86 bits per heavy atom. The number of anilines is 1. The van der Waals surface area contributed by atoms with E-state index in [0.29, 0.717) is 31.2 Å². The molecule has 7 nitrogen and oxygen atoms in total. The van der Waals surface area contributed by atoms with E-state index in [2.05, 4.69) is 21.1 Å². The number of piperidine rings is 1. The van der Waals surface area contributed by atoms with Crippen molar-refractivity contribution in [3.63, 3.8) is 0 Å². The van der Waals surface area contributed by atoms with Crippen molar-refractivity contribution in [3.05, 3.63) is 10.6 Å². The minimum Gasteiger partial charge on any atom is -0.444 e. The Bertz CT molecular complexity index is 777. The maximum Gasteiger partial charge on any atom is 0.410 e. The molecule has 3 heterocycles. The summed E-state index contributed by atoms with van der Waals surface area (Å²) >= 11 is 1.43. The number of fused-ring (bicyclic) bond motifs is 1. The molecule has 0 saturated carbocycles. The predicted molar refractivity (Wildman–Crippen MR) is 109 cm³/mol. The van der Waals surface area contributed by atoms with Gasteiger partial charge in [-0.2, -0.15) is 0 Å². The van der Waals surface area contributed by atoms with E-state index in [-0.39, 0.29) is 18.0 Å². The summed E-state index contributed by atoms with van der Waals surface area (Å²) in [6, 6.07) is -0.205. The molecule has 3 rings (SSSR count). The number of nitrogens with zero attached hydrogens (tertiary/aromatic N) is 3. The maximum absolute atomic E-state index is 12.8. The van der Waals surface area contributed by atoms with Crippen molar-refractivity contribution in [1.29, 1.82) is 0 Å². The van der Waals surface area contributed by atoms with Crippen molar-refractivity contribution in [2.75, 3.05) is 25.0 Å². The monoisotopic (exact) mass is 404 g/mol. The van der Waals surface area contributed by atoms with E-state index in [1.165, 1.54) is 11.3 Å². The largest absolute Gasteiger partial charge is 0.444 e. The molecule has 1 atom stereocenters. The van der Waals surface area contributed by atoms with Crippen molar-refractivity contribution in [3.8, 4) is 12.3 Å². The lowest BCUT2D eigenvalue weighted by molar-refractivity contribution is -0.122. The molecule has 8 heteroatoms. The molecule has 2 aliphatic rings. The summed E-state index contributed by atoms with van der Waals surface area (Å²) in [5.41, 5.74) is 0.429. The number of amides is 2. The molecule has 0 aliphatic carbocycles. The number of hydrogen-bond donors (Lipinski definition) is 1. The summed E-state index contributed by atoms with van der Waals surface area (Å²) in [5.74, 6) is 2.59. The summed E-state index contributed by atoms with van der Waals surface area (Å²) < 4.78 is 5.46. The molecule has 2 aliphatic heterocycles. The van der Waals surface area contributed by atoms with Gasteiger partial charge in [0.15, 0.2) is 5.13 Å². The van der Waals surface area contributed by atoms with E-state index in [1.807, 2.05) is 20.8 Å². The average Bonchev–Trinajstić information content (AvgIpc) is 3.02. The zero-order valence-corrected chi connectivity index (χ0v) is 17.6. The van der Waals surface area contributed by atoms with E-state index >= 15 is 0 Å². The van der Waals surface area contributed by atoms with E-state index in [9.17, 15) is 9.59 Å². The smallest absolute Gasteiger partial charge is 0.410 e. The number of aromatic nitrogens is 1. The molecular formula is C20H28N4O3S. The topological polar surface area (TPSA) is 74.8 Å². The van der Waals surface area contributed by atoms with E-state index < -0.39 is 5.60 Å². The van der Waals surface area contributed by atoms with Gasteiger partial charge >= 0.3 is 6.09 Å². The zero-order chi connectivity index (χ0) is 20.3. The molecule has 2 amide bonds. The van der Waals surface area contributed by atoms with Gasteiger partial charge in [0.25, 0.3) is 0 Å². The highest BCUT2D eigenvalue weighted by molar-refractivity contribution is 7.15. The van der Waals surface area contributed by atoms with Crippen LogP contribution in [0.25, 0.3) is 0 Å². The molecule has 1 aromatic rings. The zero-order valence-electron chi connectivity index (χ0n) is 16.8. The van der Waals surface area contributed by atoms with Crippen molar-refractivity contribution in [2.24, 2.45) is 0 Å². The van der Waals surface area contributed by atoms with Crippen molar-refractivity contribution >= 4 is 28.5 Å². The van der Waals surface area contributed by atoms with Gasteiger partial charge in [0.2, 0.25) is 5.91 Å². The summed E-state index contributed by atoms with van der Waals surface area (Å²) in [4.78, 5) is 34.4. The Morgan fingerprint density at radius 1 is 1.36 bits per heavy atom. The fourth-order valence-electron chi connectivity index (χ4n) is 3.51. The Kier molecular flexibility index (Phi) is 6.26. The Labute approximate surface area is 170 Å². The summed E-state index contributed by atoms with van der Waals surface area (Å²) in [5, 5.41) is 3.55. The lowest BCUT2D eigenvalue weighted by atomic mass is 10.0. The van der Waals surface area contributed by atoms with Gasteiger partial charge in [0.05, 0.1) is 24.8 Å².